The Bertz CT molecular complexity index is 1400. The number of carbonyl (C=O) groups is 2. The zero-order valence-electron chi connectivity index (χ0n) is 22.3. The molecule has 0 aliphatic carbocycles. The van der Waals surface area contributed by atoms with Gasteiger partial charge in [-0.05, 0) is 41.7 Å². The fourth-order valence-electron chi connectivity index (χ4n) is 5.29. The van der Waals surface area contributed by atoms with Crippen molar-refractivity contribution in [1.29, 1.82) is 0 Å². The van der Waals surface area contributed by atoms with Gasteiger partial charge in [0.25, 0.3) is 0 Å². The summed E-state index contributed by atoms with van der Waals surface area (Å²) in [5, 5.41) is 16.7. The molecule has 3 N–H and O–H groups in total. The Balaban J connectivity index is 1.23. The number of aliphatic carboxylic acids is 1. The van der Waals surface area contributed by atoms with Crippen molar-refractivity contribution < 1.29 is 19.1 Å². The molecule has 2 aromatic carbocycles. The molecule has 12 heteroatoms. The smallest absolute Gasteiger partial charge is 0.326 e. The van der Waals surface area contributed by atoms with E-state index in [0.717, 1.165) is 29.8 Å². The third-order valence-corrected chi connectivity index (χ3v) is 8.26. The van der Waals surface area contributed by atoms with Gasteiger partial charge in [-0.2, -0.15) is 4.39 Å². The number of carbonyl (C=O) groups excluding carboxylic acids is 1. The van der Waals surface area contributed by atoms with Gasteiger partial charge < -0.3 is 25.5 Å². The van der Waals surface area contributed by atoms with E-state index in [0.29, 0.717) is 42.5 Å². The predicted octanol–water partition coefficient (Wildman–Crippen LogP) is 4.03. The molecule has 2 saturated heterocycles. The summed E-state index contributed by atoms with van der Waals surface area (Å²) in [6, 6.07) is 11.6. The number of piperidine rings is 1. The monoisotopic (exact) mass is 600 g/mol. The molecule has 1 aromatic heterocycles. The molecule has 3 aromatic rings. The number of nitrogens with zero attached hydrogens (tertiary/aromatic N) is 4. The molecule has 5 rings (SSSR count). The molecular formula is C29H31Cl2FN6O3. The van der Waals surface area contributed by atoms with Gasteiger partial charge in [0.15, 0.2) is 11.6 Å². The van der Waals surface area contributed by atoms with E-state index in [1.54, 1.807) is 17.0 Å². The van der Waals surface area contributed by atoms with Crippen molar-refractivity contribution in [2.24, 2.45) is 5.92 Å². The molecule has 216 valence electrons. The lowest BCUT2D eigenvalue weighted by molar-refractivity contribution is -0.142. The van der Waals surface area contributed by atoms with Crippen LogP contribution in [0.25, 0.3) is 11.1 Å². The van der Waals surface area contributed by atoms with Crippen molar-refractivity contribution in [3.8, 4) is 11.1 Å². The van der Waals surface area contributed by atoms with Gasteiger partial charge in [0.2, 0.25) is 11.7 Å². The number of amides is 1. The lowest BCUT2D eigenvalue weighted by Gasteiger charge is -2.34. The fraction of sp³-hybridized carbons (Fsp3) is 0.379. The number of piperazine rings is 1. The number of carboxylic acids is 1. The molecular weight excluding hydrogens is 570 g/mol. The summed E-state index contributed by atoms with van der Waals surface area (Å²) in [4.78, 5) is 37.3. The van der Waals surface area contributed by atoms with Crippen LogP contribution in [0.5, 0.6) is 0 Å². The predicted molar refractivity (Wildman–Crippen MR) is 157 cm³/mol. The third-order valence-electron chi connectivity index (χ3n) is 7.52. The van der Waals surface area contributed by atoms with Crippen molar-refractivity contribution in [3.05, 3.63) is 70.2 Å². The average molecular weight is 602 g/mol. The van der Waals surface area contributed by atoms with Crippen LogP contribution in [-0.2, 0) is 16.0 Å². The van der Waals surface area contributed by atoms with Crippen LogP contribution in [-0.4, -0.2) is 72.3 Å². The Labute approximate surface area is 247 Å². The first-order valence-corrected chi connectivity index (χ1v) is 14.3. The number of rotatable bonds is 8. The number of benzene rings is 2. The number of aromatic nitrogens is 2. The second-order valence-corrected chi connectivity index (χ2v) is 11.1. The van der Waals surface area contributed by atoms with Crippen molar-refractivity contribution in [1.82, 2.24) is 20.6 Å². The minimum Gasteiger partial charge on any atom is -0.480 e. The minimum absolute atomic E-state index is 0.119. The Kier molecular flexibility index (Phi) is 9.22. The van der Waals surface area contributed by atoms with Crippen molar-refractivity contribution in [2.75, 3.05) is 49.1 Å². The SMILES string of the molecule is O=C(N[C@@H](Cc1ccc(-c2ccc(Cl)c(Cl)c2)cc1)C(=O)O)C1CCCN(c2ncnc(N3CCNCC3)c2F)C1. The number of hydrogen-bond donors (Lipinski definition) is 3. The van der Waals surface area contributed by atoms with E-state index in [1.165, 1.54) is 6.33 Å². The molecule has 2 atom stereocenters. The highest BCUT2D eigenvalue weighted by atomic mass is 35.5. The molecule has 41 heavy (non-hydrogen) atoms. The molecule has 0 spiro atoms. The number of carboxylic acid groups (broad SMARTS) is 1. The van der Waals surface area contributed by atoms with Crippen molar-refractivity contribution in [3.63, 3.8) is 0 Å². The summed E-state index contributed by atoms with van der Waals surface area (Å²) in [7, 11) is 0. The van der Waals surface area contributed by atoms with E-state index in [1.807, 2.05) is 35.2 Å². The highest BCUT2D eigenvalue weighted by Gasteiger charge is 2.32. The second-order valence-electron chi connectivity index (χ2n) is 10.3. The van der Waals surface area contributed by atoms with Gasteiger partial charge in [0.1, 0.15) is 12.4 Å². The van der Waals surface area contributed by atoms with Crippen LogP contribution in [0.4, 0.5) is 16.0 Å². The Morgan fingerprint density at radius 2 is 1.68 bits per heavy atom. The van der Waals surface area contributed by atoms with Crippen LogP contribution in [0, 0.1) is 11.7 Å². The fourth-order valence-corrected chi connectivity index (χ4v) is 5.59. The van der Waals surface area contributed by atoms with Crippen LogP contribution in [0.2, 0.25) is 10.0 Å². The van der Waals surface area contributed by atoms with E-state index < -0.39 is 23.7 Å². The van der Waals surface area contributed by atoms with E-state index in [9.17, 15) is 14.7 Å². The molecule has 9 nitrogen and oxygen atoms in total. The van der Waals surface area contributed by atoms with Gasteiger partial charge in [-0.3, -0.25) is 4.79 Å². The molecule has 0 saturated carbocycles. The Hall–Kier alpha value is -3.47. The highest BCUT2D eigenvalue weighted by Crippen LogP contribution is 2.30. The van der Waals surface area contributed by atoms with E-state index in [4.69, 9.17) is 23.2 Å². The number of nitrogens with one attached hydrogen (secondary N) is 2. The summed E-state index contributed by atoms with van der Waals surface area (Å²) >= 11 is 12.1. The van der Waals surface area contributed by atoms with Crippen LogP contribution in [0.15, 0.2) is 48.8 Å². The molecule has 2 aliphatic heterocycles. The zero-order valence-corrected chi connectivity index (χ0v) is 23.8. The van der Waals surface area contributed by atoms with Gasteiger partial charge in [0, 0.05) is 45.7 Å². The largest absolute Gasteiger partial charge is 0.480 e. The van der Waals surface area contributed by atoms with Gasteiger partial charge in [-0.25, -0.2) is 14.8 Å². The molecule has 1 amide bonds. The Morgan fingerprint density at radius 1 is 1.00 bits per heavy atom. The summed E-state index contributed by atoms with van der Waals surface area (Å²) in [6.45, 7) is 3.58. The standard InChI is InChI=1S/C29H31Cl2FN6O3/c30-22-8-7-20(15-23(22)31)19-5-3-18(4-6-19)14-24(29(40)41)36-28(39)21-2-1-11-38(16-21)27-25(32)26(34-17-35-27)37-12-9-33-10-13-37/h3-8,15,17,21,24,33H,1-2,9-14,16H2,(H,36,39)(H,40,41)/t21?,24-/m0/s1. The first-order chi connectivity index (χ1) is 19.8. The van der Waals surface area contributed by atoms with E-state index in [-0.39, 0.29) is 30.5 Å². The molecule has 2 fully saturated rings. The summed E-state index contributed by atoms with van der Waals surface area (Å²) in [6.07, 6.45) is 2.70. The first-order valence-electron chi connectivity index (χ1n) is 13.6. The number of anilines is 2. The minimum atomic E-state index is -1.12. The third kappa shape index (κ3) is 6.89. The van der Waals surface area contributed by atoms with Gasteiger partial charge in [-0.1, -0.05) is 53.5 Å². The zero-order chi connectivity index (χ0) is 28.9. The lowest BCUT2D eigenvalue weighted by atomic mass is 9.95. The maximum Gasteiger partial charge on any atom is 0.326 e. The Morgan fingerprint density at radius 3 is 2.37 bits per heavy atom. The van der Waals surface area contributed by atoms with Gasteiger partial charge in [-0.15, -0.1) is 0 Å². The van der Waals surface area contributed by atoms with Crippen LogP contribution in [0.1, 0.15) is 18.4 Å². The molecule has 1 unspecified atom stereocenters. The quantitative estimate of drug-likeness (QED) is 0.355. The van der Waals surface area contributed by atoms with Crippen LogP contribution < -0.4 is 20.4 Å². The summed E-state index contributed by atoms with van der Waals surface area (Å²) in [5.74, 6) is -2.06. The van der Waals surface area contributed by atoms with Gasteiger partial charge >= 0.3 is 5.97 Å². The topological polar surface area (TPSA) is 111 Å². The van der Waals surface area contributed by atoms with Crippen molar-refractivity contribution >= 4 is 46.7 Å². The number of hydrogen-bond acceptors (Lipinski definition) is 7. The molecule has 3 heterocycles. The van der Waals surface area contributed by atoms with E-state index >= 15 is 4.39 Å². The molecule has 0 bridgehead atoms. The normalized spacial score (nSPS) is 18.2. The van der Waals surface area contributed by atoms with Crippen molar-refractivity contribution in [2.45, 2.75) is 25.3 Å². The lowest BCUT2D eigenvalue weighted by Crippen LogP contribution is -2.49. The van der Waals surface area contributed by atoms with Gasteiger partial charge in [0.05, 0.1) is 16.0 Å². The second kappa shape index (κ2) is 13.0. The maximum absolute atomic E-state index is 15.5. The first kappa shape index (κ1) is 29.0. The highest BCUT2D eigenvalue weighted by molar-refractivity contribution is 6.42. The summed E-state index contributed by atoms with van der Waals surface area (Å²) < 4.78 is 15.5. The molecule has 0 radical (unpaired) electrons. The summed E-state index contributed by atoms with van der Waals surface area (Å²) in [5.41, 5.74) is 2.55. The van der Waals surface area contributed by atoms with E-state index in [2.05, 4.69) is 20.6 Å². The van der Waals surface area contributed by atoms with Crippen LogP contribution >= 0.6 is 23.2 Å². The van der Waals surface area contributed by atoms with Crippen LogP contribution in [0.3, 0.4) is 0 Å². The maximum atomic E-state index is 15.5. The average Bonchev–Trinajstić information content (AvgIpc) is 2.99. The molecule has 2 aliphatic rings. The number of halogens is 3.